The number of aliphatic hydroxyl groups is 1. The summed E-state index contributed by atoms with van der Waals surface area (Å²) in [7, 11) is 0. The molecule has 2 nitrogen and oxygen atoms in total. The van der Waals surface area contributed by atoms with Gasteiger partial charge in [0.15, 0.2) is 0 Å². The van der Waals surface area contributed by atoms with Crippen LogP contribution in [0.1, 0.15) is 24.0 Å². The molecule has 0 unspecified atom stereocenters. The fourth-order valence-corrected chi connectivity index (χ4v) is 1.13. The average Bonchev–Trinajstić information content (AvgIpc) is 2.20. The van der Waals surface area contributed by atoms with Crippen LogP contribution in [-0.4, -0.2) is 11.7 Å². The quantitative estimate of drug-likeness (QED) is 0.441. The van der Waals surface area contributed by atoms with E-state index in [1.165, 1.54) is 6.07 Å². The fraction of sp³-hybridized carbons (Fsp3) is 0.333. The van der Waals surface area contributed by atoms with Crippen molar-refractivity contribution in [1.29, 1.82) is 0 Å². The van der Waals surface area contributed by atoms with Crippen molar-refractivity contribution in [2.75, 3.05) is 12.3 Å². The lowest BCUT2D eigenvalue weighted by molar-refractivity contribution is 0.290. The van der Waals surface area contributed by atoms with Gasteiger partial charge in [-0.15, -0.1) is 0 Å². The second-order valence-electron chi connectivity index (χ2n) is 3.32. The summed E-state index contributed by atoms with van der Waals surface area (Å²) in [6.45, 7) is 1.81. The van der Waals surface area contributed by atoms with Crippen molar-refractivity contribution < 1.29 is 9.50 Å². The van der Waals surface area contributed by atoms with Gasteiger partial charge >= 0.3 is 0 Å². The average molecular weight is 207 g/mol. The highest BCUT2D eigenvalue weighted by molar-refractivity contribution is 5.57. The molecule has 0 aromatic heterocycles. The summed E-state index contributed by atoms with van der Waals surface area (Å²) < 4.78 is 13.0. The van der Waals surface area contributed by atoms with E-state index in [9.17, 15) is 4.39 Å². The summed E-state index contributed by atoms with van der Waals surface area (Å²) in [5.41, 5.74) is 7.15. The number of nitrogens with two attached hydrogens (primary N) is 1. The lowest BCUT2D eigenvalue weighted by Gasteiger charge is -2.01. The second kappa shape index (κ2) is 5.38. The van der Waals surface area contributed by atoms with Crippen molar-refractivity contribution in [3.8, 4) is 11.8 Å². The van der Waals surface area contributed by atoms with Crippen LogP contribution >= 0.6 is 0 Å². The van der Waals surface area contributed by atoms with Crippen LogP contribution in [0.3, 0.4) is 0 Å². The molecule has 0 aliphatic carbocycles. The molecule has 3 N–H and O–H groups in total. The Balaban J connectivity index is 2.84. The number of unbranched alkanes of at least 4 members (excludes halogenated alkanes) is 1. The Morgan fingerprint density at radius 3 is 2.87 bits per heavy atom. The molecule has 0 atom stereocenters. The molecule has 0 bridgehead atoms. The minimum absolute atomic E-state index is 0.132. The highest BCUT2D eigenvalue weighted by Gasteiger charge is 2.01. The Bertz CT molecular complexity index is 404. The van der Waals surface area contributed by atoms with E-state index < -0.39 is 0 Å². The molecule has 0 saturated carbocycles. The van der Waals surface area contributed by atoms with Crippen molar-refractivity contribution in [2.24, 2.45) is 0 Å². The predicted octanol–water partition coefficient (Wildman–Crippen LogP) is 1.84. The van der Waals surface area contributed by atoms with Crippen LogP contribution in [0.25, 0.3) is 0 Å². The molecule has 80 valence electrons. The summed E-state index contributed by atoms with van der Waals surface area (Å²) in [5, 5.41) is 8.56. The number of aliphatic hydroxyl groups excluding tert-OH is 1. The first-order valence-electron chi connectivity index (χ1n) is 4.80. The summed E-state index contributed by atoms with van der Waals surface area (Å²) >= 11 is 0. The van der Waals surface area contributed by atoms with Crippen LogP contribution < -0.4 is 5.73 Å². The second-order valence-corrected chi connectivity index (χ2v) is 3.32. The Labute approximate surface area is 88.9 Å². The van der Waals surface area contributed by atoms with Crippen LogP contribution in [0.4, 0.5) is 10.1 Å². The smallest absolute Gasteiger partial charge is 0.128 e. The van der Waals surface area contributed by atoms with E-state index in [0.29, 0.717) is 29.7 Å². The Hall–Kier alpha value is -1.53. The van der Waals surface area contributed by atoms with Gasteiger partial charge in [-0.3, -0.25) is 0 Å². The molecule has 0 fully saturated rings. The van der Waals surface area contributed by atoms with E-state index in [0.717, 1.165) is 0 Å². The summed E-state index contributed by atoms with van der Waals surface area (Å²) in [4.78, 5) is 0. The lowest BCUT2D eigenvalue weighted by atomic mass is 10.1. The molecule has 0 aliphatic rings. The predicted molar refractivity (Wildman–Crippen MR) is 58.7 cm³/mol. The Kier molecular flexibility index (Phi) is 4.14. The largest absolute Gasteiger partial charge is 0.398 e. The van der Waals surface area contributed by atoms with E-state index in [1.54, 1.807) is 13.0 Å². The number of hydrogen-bond donors (Lipinski definition) is 2. The molecule has 0 radical (unpaired) electrons. The first-order valence-corrected chi connectivity index (χ1v) is 4.80. The maximum Gasteiger partial charge on any atom is 0.128 e. The minimum atomic E-state index is -0.312. The van der Waals surface area contributed by atoms with Gasteiger partial charge in [-0.1, -0.05) is 11.8 Å². The molecule has 0 heterocycles. The molecule has 1 aromatic carbocycles. The first-order chi connectivity index (χ1) is 7.15. The van der Waals surface area contributed by atoms with Gasteiger partial charge in [0.25, 0.3) is 0 Å². The fourth-order valence-electron chi connectivity index (χ4n) is 1.13. The van der Waals surface area contributed by atoms with Crippen LogP contribution in [0.15, 0.2) is 12.1 Å². The molecule has 0 saturated heterocycles. The maximum atomic E-state index is 13.0. The maximum absolute atomic E-state index is 13.0. The number of aryl methyl sites for hydroxylation is 1. The number of rotatable bonds is 2. The lowest BCUT2D eigenvalue weighted by Crippen LogP contribution is -1.94. The molecule has 15 heavy (non-hydrogen) atoms. The molecule has 0 spiro atoms. The molecule has 3 heteroatoms. The van der Waals surface area contributed by atoms with Crippen molar-refractivity contribution >= 4 is 5.69 Å². The van der Waals surface area contributed by atoms with Gasteiger partial charge in [0.05, 0.1) is 5.69 Å². The third-order valence-electron chi connectivity index (χ3n) is 2.01. The standard InChI is InChI=1S/C12H14FNO/c1-9-7-10(5-3-2-4-6-15)12(14)8-11(9)13/h7-8,15H,2,4,6,14H2,1H3. The van der Waals surface area contributed by atoms with Crippen LogP contribution in [0.5, 0.6) is 0 Å². The Morgan fingerprint density at radius 2 is 2.20 bits per heavy atom. The topological polar surface area (TPSA) is 46.2 Å². The SMILES string of the molecule is Cc1cc(C#CCCCO)c(N)cc1F. The highest BCUT2D eigenvalue weighted by atomic mass is 19.1. The van der Waals surface area contributed by atoms with Crippen LogP contribution in [0.2, 0.25) is 0 Å². The van der Waals surface area contributed by atoms with Gasteiger partial charge in [0.1, 0.15) is 5.82 Å². The molecular weight excluding hydrogens is 193 g/mol. The van der Waals surface area contributed by atoms with E-state index in [-0.39, 0.29) is 12.4 Å². The van der Waals surface area contributed by atoms with Crippen LogP contribution in [-0.2, 0) is 0 Å². The zero-order valence-electron chi connectivity index (χ0n) is 8.68. The third kappa shape index (κ3) is 3.26. The monoisotopic (exact) mass is 207 g/mol. The minimum Gasteiger partial charge on any atom is -0.398 e. The number of anilines is 1. The number of hydrogen-bond acceptors (Lipinski definition) is 2. The summed E-state index contributed by atoms with van der Waals surface area (Å²) in [5.74, 6) is 5.43. The summed E-state index contributed by atoms with van der Waals surface area (Å²) in [6, 6.07) is 2.92. The molecule has 1 rings (SSSR count). The van der Waals surface area contributed by atoms with Gasteiger partial charge in [0, 0.05) is 18.6 Å². The molecule has 1 aromatic rings. The van der Waals surface area contributed by atoms with Crippen molar-refractivity contribution in [2.45, 2.75) is 19.8 Å². The molecular formula is C12H14FNO. The zero-order valence-corrected chi connectivity index (χ0v) is 8.68. The van der Waals surface area contributed by atoms with Crippen LogP contribution in [0, 0.1) is 24.6 Å². The van der Waals surface area contributed by atoms with E-state index in [4.69, 9.17) is 10.8 Å². The zero-order chi connectivity index (χ0) is 11.3. The van der Waals surface area contributed by atoms with Crippen molar-refractivity contribution in [3.05, 3.63) is 29.1 Å². The van der Waals surface area contributed by atoms with Gasteiger partial charge in [-0.05, 0) is 31.0 Å². The van der Waals surface area contributed by atoms with Gasteiger partial charge in [-0.25, -0.2) is 4.39 Å². The molecule has 0 amide bonds. The molecule has 0 aliphatic heterocycles. The van der Waals surface area contributed by atoms with Gasteiger partial charge in [-0.2, -0.15) is 0 Å². The van der Waals surface area contributed by atoms with Gasteiger partial charge < -0.3 is 10.8 Å². The van der Waals surface area contributed by atoms with E-state index >= 15 is 0 Å². The van der Waals surface area contributed by atoms with Gasteiger partial charge in [0.2, 0.25) is 0 Å². The number of benzene rings is 1. The third-order valence-corrected chi connectivity index (χ3v) is 2.01. The van der Waals surface area contributed by atoms with E-state index in [2.05, 4.69) is 11.8 Å². The number of halogens is 1. The highest BCUT2D eigenvalue weighted by Crippen LogP contribution is 2.16. The first kappa shape index (κ1) is 11.5. The summed E-state index contributed by atoms with van der Waals surface area (Å²) in [6.07, 6.45) is 1.26. The van der Waals surface area contributed by atoms with Crippen molar-refractivity contribution in [1.82, 2.24) is 0 Å². The van der Waals surface area contributed by atoms with Crippen molar-refractivity contribution in [3.63, 3.8) is 0 Å². The normalized spacial score (nSPS) is 9.53. The number of nitrogen functional groups attached to an aromatic ring is 1. The Morgan fingerprint density at radius 1 is 1.47 bits per heavy atom. The van der Waals surface area contributed by atoms with E-state index in [1.807, 2.05) is 0 Å².